The van der Waals surface area contributed by atoms with E-state index in [0.717, 1.165) is 23.1 Å². The molecule has 0 amide bonds. The van der Waals surface area contributed by atoms with E-state index in [-0.39, 0.29) is 5.97 Å². The number of hydrogen-bond donors (Lipinski definition) is 0. The highest BCUT2D eigenvalue weighted by Gasteiger charge is 2.52. The van der Waals surface area contributed by atoms with Gasteiger partial charge in [-0.05, 0) is 23.6 Å². The topological polar surface area (TPSA) is 26.3 Å². The molecule has 0 fully saturated rings. The highest BCUT2D eigenvalue weighted by molar-refractivity contribution is 5.97. The molecule has 2 aromatic rings. The number of allylic oxidation sites excluding steroid dienone is 4. The number of benzene rings is 2. The van der Waals surface area contributed by atoms with Crippen LogP contribution in [-0.4, -0.2) is 5.97 Å². The van der Waals surface area contributed by atoms with Gasteiger partial charge in [-0.15, -0.1) is 0 Å². The number of carbonyl (C=O) groups is 1. The largest absolute Gasteiger partial charge is 0.425 e. The molecule has 0 radical (unpaired) electrons. The van der Waals surface area contributed by atoms with Gasteiger partial charge in [0.1, 0.15) is 11.2 Å². The van der Waals surface area contributed by atoms with Crippen LogP contribution in [0, 0.1) is 0 Å². The molecule has 0 bridgehead atoms. The Kier molecular flexibility index (Phi) is 3.23. The normalized spacial score (nSPS) is 18.5. The highest BCUT2D eigenvalue weighted by atomic mass is 16.5. The summed E-state index contributed by atoms with van der Waals surface area (Å²) in [4.78, 5) is 13.0. The van der Waals surface area contributed by atoms with Gasteiger partial charge in [0.15, 0.2) is 0 Å². The number of carbonyl (C=O) groups excluding carboxylic acids is 1. The SMILES string of the molecule is O=C1OC2=C(C=CCC=C2)C1(c1ccccc1)c1ccccc1. The van der Waals surface area contributed by atoms with E-state index in [1.807, 2.05) is 78.9 Å². The van der Waals surface area contributed by atoms with E-state index in [0.29, 0.717) is 5.76 Å². The van der Waals surface area contributed by atoms with E-state index in [2.05, 4.69) is 6.08 Å². The van der Waals surface area contributed by atoms with Crippen LogP contribution in [0.25, 0.3) is 0 Å². The first-order valence-electron chi connectivity index (χ1n) is 7.74. The van der Waals surface area contributed by atoms with Crippen LogP contribution in [-0.2, 0) is 14.9 Å². The van der Waals surface area contributed by atoms with Crippen molar-refractivity contribution in [1.29, 1.82) is 0 Å². The maximum atomic E-state index is 13.0. The van der Waals surface area contributed by atoms with Gasteiger partial charge >= 0.3 is 5.97 Å². The first-order valence-corrected chi connectivity index (χ1v) is 7.74. The maximum Gasteiger partial charge on any atom is 0.331 e. The zero-order valence-electron chi connectivity index (χ0n) is 12.6. The molecule has 2 nitrogen and oxygen atoms in total. The predicted molar refractivity (Wildman–Crippen MR) is 89.7 cm³/mol. The van der Waals surface area contributed by atoms with Crippen molar-refractivity contribution >= 4 is 5.97 Å². The molecule has 2 aromatic carbocycles. The third-order valence-corrected chi connectivity index (χ3v) is 4.42. The lowest BCUT2D eigenvalue weighted by Crippen LogP contribution is -2.35. The smallest absolute Gasteiger partial charge is 0.331 e. The van der Waals surface area contributed by atoms with Crippen molar-refractivity contribution in [3.63, 3.8) is 0 Å². The molecule has 0 saturated heterocycles. The van der Waals surface area contributed by atoms with Gasteiger partial charge in [-0.25, -0.2) is 4.79 Å². The second-order valence-corrected chi connectivity index (χ2v) is 5.69. The summed E-state index contributed by atoms with van der Waals surface area (Å²) in [5.74, 6) is 0.410. The third-order valence-electron chi connectivity index (χ3n) is 4.42. The molecule has 0 N–H and O–H groups in total. The highest BCUT2D eigenvalue weighted by Crippen LogP contribution is 2.47. The minimum atomic E-state index is -0.900. The van der Waals surface area contributed by atoms with Gasteiger partial charge in [0.25, 0.3) is 0 Å². The molecule has 2 aliphatic rings. The van der Waals surface area contributed by atoms with Crippen molar-refractivity contribution < 1.29 is 9.53 Å². The summed E-state index contributed by atoms with van der Waals surface area (Å²) < 4.78 is 5.67. The van der Waals surface area contributed by atoms with Crippen LogP contribution in [0.3, 0.4) is 0 Å². The quantitative estimate of drug-likeness (QED) is 0.773. The van der Waals surface area contributed by atoms with Crippen LogP contribution in [0.15, 0.2) is 96.3 Å². The third kappa shape index (κ3) is 1.99. The lowest BCUT2D eigenvalue weighted by atomic mass is 9.69. The van der Waals surface area contributed by atoms with E-state index >= 15 is 0 Å². The van der Waals surface area contributed by atoms with Crippen LogP contribution in [0.4, 0.5) is 0 Å². The zero-order valence-corrected chi connectivity index (χ0v) is 12.6. The van der Waals surface area contributed by atoms with Gasteiger partial charge in [0.05, 0.1) is 0 Å². The van der Waals surface area contributed by atoms with Crippen molar-refractivity contribution in [2.75, 3.05) is 0 Å². The van der Waals surface area contributed by atoms with Gasteiger partial charge in [-0.1, -0.05) is 78.9 Å². The van der Waals surface area contributed by atoms with E-state index in [1.54, 1.807) is 0 Å². The molecule has 1 heterocycles. The summed E-state index contributed by atoms with van der Waals surface area (Å²) in [6.07, 6.45) is 8.85. The van der Waals surface area contributed by atoms with Crippen LogP contribution in [0.5, 0.6) is 0 Å². The van der Waals surface area contributed by atoms with E-state index in [9.17, 15) is 4.79 Å². The number of ether oxygens (including phenoxy) is 1. The summed E-state index contributed by atoms with van der Waals surface area (Å²) in [6, 6.07) is 19.7. The molecular weight excluding hydrogens is 284 g/mol. The lowest BCUT2D eigenvalue weighted by molar-refractivity contribution is -0.140. The second-order valence-electron chi connectivity index (χ2n) is 5.69. The maximum absolute atomic E-state index is 13.0. The molecular formula is C21H16O2. The van der Waals surface area contributed by atoms with Crippen LogP contribution in [0.2, 0.25) is 0 Å². The van der Waals surface area contributed by atoms with E-state index < -0.39 is 5.41 Å². The molecule has 112 valence electrons. The van der Waals surface area contributed by atoms with Crippen molar-refractivity contribution in [2.24, 2.45) is 0 Å². The molecule has 0 saturated carbocycles. The molecule has 0 atom stereocenters. The van der Waals surface area contributed by atoms with Crippen molar-refractivity contribution in [3.05, 3.63) is 107 Å². The fraction of sp³-hybridized carbons (Fsp3) is 0.0952. The summed E-state index contributed by atoms with van der Waals surface area (Å²) in [5.41, 5.74) is 1.87. The van der Waals surface area contributed by atoms with Crippen molar-refractivity contribution in [2.45, 2.75) is 11.8 Å². The van der Waals surface area contributed by atoms with E-state index in [1.165, 1.54) is 0 Å². The lowest BCUT2D eigenvalue weighted by Gasteiger charge is -2.28. The number of hydrogen-bond acceptors (Lipinski definition) is 2. The standard InChI is InChI=1S/C21H16O2/c22-20-21(16-10-4-1-5-11-16,17-12-6-2-7-13-17)18-14-8-3-9-15-19(18)23-20/h1-2,4-15H,3H2. The zero-order chi connectivity index (χ0) is 15.7. The average molecular weight is 300 g/mol. The van der Waals surface area contributed by atoms with Crippen LogP contribution < -0.4 is 0 Å². The fourth-order valence-corrected chi connectivity index (χ4v) is 3.39. The Balaban J connectivity index is 2.06. The summed E-state index contributed by atoms with van der Waals surface area (Å²) in [6.45, 7) is 0. The molecule has 4 rings (SSSR count). The van der Waals surface area contributed by atoms with Gasteiger partial charge in [0, 0.05) is 5.57 Å². The first-order chi connectivity index (χ1) is 11.3. The number of rotatable bonds is 2. The fourth-order valence-electron chi connectivity index (χ4n) is 3.39. The predicted octanol–water partition coefficient (Wildman–Crippen LogP) is 4.30. The first kappa shape index (κ1) is 13.8. The Morgan fingerprint density at radius 1 is 0.783 bits per heavy atom. The average Bonchev–Trinajstić information content (AvgIpc) is 2.74. The monoisotopic (exact) mass is 300 g/mol. The summed E-state index contributed by atoms with van der Waals surface area (Å²) in [7, 11) is 0. The molecule has 0 aromatic heterocycles. The van der Waals surface area contributed by atoms with Gasteiger partial charge in [0.2, 0.25) is 0 Å². The molecule has 0 unspecified atom stereocenters. The Morgan fingerprint density at radius 3 is 1.96 bits per heavy atom. The van der Waals surface area contributed by atoms with Crippen LogP contribution in [0.1, 0.15) is 17.5 Å². The van der Waals surface area contributed by atoms with Crippen molar-refractivity contribution in [3.8, 4) is 0 Å². The molecule has 23 heavy (non-hydrogen) atoms. The summed E-state index contributed by atoms with van der Waals surface area (Å²) in [5, 5.41) is 0. The number of esters is 1. The second kappa shape index (κ2) is 5.40. The summed E-state index contributed by atoms with van der Waals surface area (Å²) >= 11 is 0. The van der Waals surface area contributed by atoms with Gasteiger partial charge in [-0.2, -0.15) is 0 Å². The van der Waals surface area contributed by atoms with E-state index in [4.69, 9.17) is 4.74 Å². The Labute approximate surface area is 135 Å². The van der Waals surface area contributed by atoms with Gasteiger partial charge < -0.3 is 4.74 Å². The Hall–Kier alpha value is -2.87. The molecule has 1 aliphatic heterocycles. The van der Waals surface area contributed by atoms with Crippen LogP contribution >= 0.6 is 0 Å². The van der Waals surface area contributed by atoms with Crippen molar-refractivity contribution in [1.82, 2.24) is 0 Å². The Morgan fingerprint density at radius 2 is 1.35 bits per heavy atom. The Bertz CT molecular complexity index is 787. The minimum Gasteiger partial charge on any atom is -0.425 e. The molecule has 1 aliphatic carbocycles. The molecule has 0 spiro atoms. The molecule has 2 heteroatoms. The minimum absolute atomic E-state index is 0.240. The van der Waals surface area contributed by atoms with Gasteiger partial charge in [-0.3, -0.25) is 0 Å².